The molecular weight excluding hydrogens is 535 g/mol. The van der Waals surface area contributed by atoms with Gasteiger partial charge in [-0.1, -0.05) is 0 Å². The van der Waals surface area contributed by atoms with Crippen LogP contribution in [0.25, 0.3) is 11.1 Å². The van der Waals surface area contributed by atoms with E-state index in [1.54, 1.807) is 26.3 Å². The van der Waals surface area contributed by atoms with Gasteiger partial charge >= 0.3 is 6.18 Å². The summed E-state index contributed by atoms with van der Waals surface area (Å²) >= 11 is 0. The van der Waals surface area contributed by atoms with Crippen molar-refractivity contribution in [1.82, 2.24) is 24.2 Å². The molecule has 214 valence electrons. The van der Waals surface area contributed by atoms with Crippen LogP contribution in [-0.2, 0) is 25.7 Å². The minimum Gasteiger partial charge on any atom is -0.497 e. The Hall–Kier alpha value is -4.28. The molecule has 0 N–H and O–H groups in total. The first-order valence-corrected chi connectivity index (χ1v) is 13.6. The molecule has 0 saturated carbocycles. The molecule has 0 fully saturated rings. The van der Waals surface area contributed by atoms with E-state index in [0.717, 1.165) is 11.4 Å². The zero-order chi connectivity index (χ0) is 28.9. The van der Waals surface area contributed by atoms with Gasteiger partial charge in [0.2, 0.25) is 0 Å². The summed E-state index contributed by atoms with van der Waals surface area (Å²) in [6.07, 6.45) is 1.28. The molecule has 0 unspecified atom stereocenters. The summed E-state index contributed by atoms with van der Waals surface area (Å²) in [4.78, 5) is 20.3. The Morgan fingerprint density at radius 3 is 2.66 bits per heavy atom. The number of rotatable bonds is 6. The fourth-order valence-electron chi connectivity index (χ4n) is 5.87. The van der Waals surface area contributed by atoms with Crippen molar-refractivity contribution in [3.63, 3.8) is 0 Å². The Kier molecular flexibility index (Phi) is 6.75. The molecule has 2 aromatic carbocycles. The summed E-state index contributed by atoms with van der Waals surface area (Å²) in [6.45, 7) is 5.07. The first kappa shape index (κ1) is 26.9. The van der Waals surface area contributed by atoms with E-state index < -0.39 is 11.9 Å². The third-order valence-corrected chi connectivity index (χ3v) is 7.93. The van der Waals surface area contributed by atoms with Crippen LogP contribution in [-0.4, -0.2) is 50.4 Å². The molecule has 41 heavy (non-hydrogen) atoms. The number of aryl methyl sites for hydroxylation is 2. The van der Waals surface area contributed by atoms with Gasteiger partial charge in [0.05, 0.1) is 19.8 Å². The number of amides is 1. The van der Waals surface area contributed by atoms with Gasteiger partial charge in [-0.3, -0.25) is 9.48 Å². The maximum absolute atomic E-state index is 14.2. The summed E-state index contributed by atoms with van der Waals surface area (Å²) in [5, 5.41) is 3.85. The minimum absolute atomic E-state index is 0.0119. The number of alkyl halides is 3. The number of nitrogens with zero attached hydrogens (tertiary/aromatic N) is 5. The first-order chi connectivity index (χ1) is 19.7. The predicted octanol–water partition coefficient (Wildman–Crippen LogP) is 5.67. The average molecular weight is 566 g/mol. The molecule has 4 aromatic rings. The second kappa shape index (κ2) is 10.3. The fourth-order valence-corrected chi connectivity index (χ4v) is 5.87. The molecule has 6 rings (SSSR count). The van der Waals surface area contributed by atoms with Crippen LogP contribution >= 0.6 is 0 Å². The smallest absolute Gasteiger partial charge is 0.435 e. The SMILES string of the molecule is CCn1cc(-c2cc(Cn3ccnc3C)cc3c2CCN([C@H]2CCOc4ccc(OC)cc42)C3=O)c(C(F)(F)F)n1. The molecule has 0 aliphatic carbocycles. The minimum atomic E-state index is -4.64. The van der Waals surface area contributed by atoms with Gasteiger partial charge in [0, 0.05) is 61.3 Å². The number of carbonyl (C=O) groups is 1. The molecule has 0 radical (unpaired) electrons. The predicted molar refractivity (Wildman–Crippen MR) is 145 cm³/mol. The molecule has 2 aliphatic rings. The van der Waals surface area contributed by atoms with E-state index in [9.17, 15) is 18.0 Å². The second-order valence-corrected chi connectivity index (χ2v) is 10.3. The van der Waals surface area contributed by atoms with Gasteiger partial charge in [-0.15, -0.1) is 0 Å². The van der Waals surface area contributed by atoms with Gasteiger partial charge in [0.25, 0.3) is 5.91 Å². The normalized spacial score (nSPS) is 16.8. The topological polar surface area (TPSA) is 74.4 Å². The molecule has 0 spiro atoms. The summed E-state index contributed by atoms with van der Waals surface area (Å²) in [5.41, 5.74) is 2.03. The molecule has 2 aliphatic heterocycles. The first-order valence-electron chi connectivity index (χ1n) is 13.6. The number of hydrogen-bond acceptors (Lipinski definition) is 5. The van der Waals surface area contributed by atoms with Crippen molar-refractivity contribution in [3.8, 4) is 22.6 Å². The van der Waals surface area contributed by atoms with Gasteiger partial charge in [-0.05, 0) is 67.3 Å². The quantitative estimate of drug-likeness (QED) is 0.301. The van der Waals surface area contributed by atoms with Crippen molar-refractivity contribution in [1.29, 1.82) is 0 Å². The van der Waals surface area contributed by atoms with Crippen LogP contribution in [0, 0.1) is 6.92 Å². The van der Waals surface area contributed by atoms with Crippen LogP contribution in [0.1, 0.15) is 58.0 Å². The van der Waals surface area contributed by atoms with Gasteiger partial charge < -0.3 is 18.9 Å². The highest BCUT2D eigenvalue weighted by molar-refractivity contribution is 5.99. The lowest BCUT2D eigenvalue weighted by Crippen LogP contribution is -2.42. The zero-order valence-corrected chi connectivity index (χ0v) is 23.0. The maximum Gasteiger partial charge on any atom is 0.435 e. The molecule has 2 aromatic heterocycles. The van der Waals surface area contributed by atoms with Gasteiger partial charge in [-0.2, -0.15) is 18.3 Å². The molecule has 8 nitrogen and oxygen atoms in total. The summed E-state index contributed by atoms with van der Waals surface area (Å²) < 4.78 is 57.0. The van der Waals surface area contributed by atoms with Crippen molar-refractivity contribution < 1.29 is 27.4 Å². The number of aromatic nitrogens is 4. The maximum atomic E-state index is 14.2. The van der Waals surface area contributed by atoms with E-state index >= 15 is 0 Å². The molecule has 11 heteroatoms. The monoisotopic (exact) mass is 565 g/mol. The highest BCUT2D eigenvalue weighted by atomic mass is 19.4. The number of hydrogen-bond donors (Lipinski definition) is 0. The Morgan fingerprint density at radius 2 is 1.95 bits per heavy atom. The molecule has 0 saturated heterocycles. The molecular formula is C30H30F3N5O3. The molecule has 1 amide bonds. The highest BCUT2D eigenvalue weighted by Gasteiger charge is 2.40. The number of methoxy groups -OCH3 is 1. The largest absolute Gasteiger partial charge is 0.497 e. The van der Waals surface area contributed by atoms with Crippen LogP contribution in [0.15, 0.2) is 48.9 Å². The second-order valence-electron chi connectivity index (χ2n) is 10.3. The van der Waals surface area contributed by atoms with Gasteiger partial charge in [0.1, 0.15) is 17.3 Å². The lowest BCUT2D eigenvalue weighted by molar-refractivity contribution is -0.141. The molecule has 4 heterocycles. The lowest BCUT2D eigenvalue weighted by Gasteiger charge is -2.39. The number of halogens is 3. The van der Waals surface area contributed by atoms with E-state index in [0.29, 0.717) is 72.8 Å². The van der Waals surface area contributed by atoms with Crippen molar-refractivity contribution in [2.45, 2.75) is 52.0 Å². The van der Waals surface area contributed by atoms with Crippen molar-refractivity contribution >= 4 is 5.91 Å². The number of benzene rings is 2. The average Bonchev–Trinajstić information content (AvgIpc) is 3.59. The van der Waals surface area contributed by atoms with E-state index in [2.05, 4.69) is 10.1 Å². The molecule has 1 atom stereocenters. The number of ether oxygens (including phenoxy) is 2. The van der Waals surface area contributed by atoms with Crippen LogP contribution in [0.3, 0.4) is 0 Å². The summed E-state index contributed by atoms with van der Waals surface area (Å²) in [7, 11) is 1.59. The van der Waals surface area contributed by atoms with E-state index in [-0.39, 0.29) is 17.5 Å². The number of fused-ring (bicyclic) bond motifs is 2. The van der Waals surface area contributed by atoms with Crippen molar-refractivity contribution in [3.05, 3.63) is 82.7 Å². The van der Waals surface area contributed by atoms with Crippen LogP contribution in [0.2, 0.25) is 0 Å². The van der Waals surface area contributed by atoms with Crippen LogP contribution in [0.5, 0.6) is 11.5 Å². The van der Waals surface area contributed by atoms with Gasteiger partial charge in [-0.25, -0.2) is 4.98 Å². The van der Waals surface area contributed by atoms with Crippen LogP contribution in [0.4, 0.5) is 13.2 Å². The van der Waals surface area contributed by atoms with E-state index in [1.165, 1.54) is 10.9 Å². The Morgan fingerprint density at radius 1 is 1.15 bits per heavy atom. The molecule has 0 bridgehead atoms. The van der Waals surface area contributed by atoms with Crippen LogP contribution < -0.4 is 9.47 Å². The van der Waals surface area contributed by atoms with E-state index in [1.807, 2.05) is 46.9 Å². The third-order valence-electron chi connectivity index (χ3n) is 7.93. The van der Waals surface area contributed by atoms with Crippen molar-refractivity contribution in [2.75, 3.05) is 20.3 Å². The van der Waals surface area contributed by atoms with E-state index in [4.69, 9.17) is 9.47 Å². The summed E-state index contributed by atoms with van der Waals surface area (Å²) in [6, 6.07) is 8.89. The highest BCUT2D eigenvalue weighted by Crippen LogP contribution is 2.43. The number of carbonyl (C=O) groups excluding carboxylic acids is 1. The zero-order valence-electron chi connectivity index (χ0n) is 23.0. The lowest BCUT2D eigenvalue weighted by atomic mass is 9.86. The summed E-state index contributed by atoms with van der Waals surface area (Å²) in [5.74, 6) is 1.91. The Balaban J connectivity index is 1.48. The third kappa shape index (κ3) is 4.83. The standard InChI is InChI=1S/C30H30F3N5O3/c1-4-37-17-25(28(35-37)30(31,32)33)22-13-19(16-36-11-9-34-18(36)2)14-23-21(22)7-10-38(29(23)39)26-8-12-41-27-6-5-20(40-3)15-24(26)27/h5-6,9,11,13-15,17,26H,4,7-8,10,12,16H2,1-3H3/t26-/m0/s1. The van der Waals surface area contributed by atoms with Gasteiger partial charge in [0.15, 0.2) is 5.69 Å². The number of imidazole rings is 1. The van der Waals surface area contributed by atoms with Crippen molar-refractivity contribution in [2.24, 2.45) is 0 Å². The Bertz CT molecular complexity index is 1620. The Labute approximate surface area is 235 Å². The fraction of sp³-hybridized carbons (Fsp3) is 0.367.